The topological polar surface area (TPSA) is 60.8 Å². The summed E-state index contributed by atoms with van der Waals surface area (Å²) in [5.74, 6) is 0.385. The molecule has 0 saturated heterocycles. The molecule has 0 radical (unpaired) electrons. The van der Waals surface area contributed by atoms with E-state index in [1.807, 2.05) is 0 Å². The van der Waals surface area contributed by atoms with E-state index in [2.05, 4.69) is 27.3 Å². The van der Waals surface area contributed by atoms with E-state index in [9.17, 15) is 4.39 Å². The molecule has 0 aliphatic heterocycles. The minimum atomic E-state index is -0.385. The normalized spacial score (nSPS) is 16.5. The molecule has 0 atom stereocenters. The molecule has 1 aliphatic carbocycles. The van der Waals surface area contributed by atoms with Crippen molar-refractivity contribution in [1.82, 2.24) is 20.4 Å². The molecule has 6 heteroatoms. The Balaban J connectivity index is 1.80. The molecule has 2 aromatic rings. The van der Waals surface area contributed by atoms with Crippen molar-refractivity contribution in [1.29, 1.82) is 0 Å². The third-order valence-electron chi connectivity index (χ3n) is 3.69. The van der Waals surface area contributed by atoms with Crippen LogP contribution in [-0.2, 0) is 0 Å². The fourth-order valence-corrected chi connectivity index (χ4v) is 2.28. The molecule has 1 aromatic heterocycles. The van der Waals surface area contributed by atoms with Gasteiger partial charge in [0.15, 0.2) is 6.33 Å². The Morgan fingerprint density at radius 2 is 1.95 bits per heavy atom. The van der Waals surface area contributed by atoms with Crippen LogP contribution in [0, 0.1) is 11.2 Å². The largest absolute Gasteiger partial charge is 0.493 e. The molecule has 0 unspecified atom stereocenters. The van der Waals surface area contributed by atoms with Crippen molar-refractivity contribution in [3.8, 4) is 17.1 Å². The zero-order valence-corrected chi connectivity index (χ0v) is 11.2. The lowest BCUT2D eigenvalue weighted by molar-refractivity contribution is 0.0774. The molecule has 0 spiro atoms. The maximum absolute atomic E-state index is 13.7. The lowest BCUT2D eigenvalue weighted by atomic mass is 9.71. The number of halogens is 1. The molecule has 1 fully saturated rings. The second kappa shape index (κ2) is 5.11. The quantitative estimate of drug-likeness (QED) is 0.857. The van der Waals surface area contributed by atoms with Crippen molar-refractivity contribution in [2.24, 2.45) is 5.41 Å². The highest BCUT2D eigenvalue weighted by atomic mass is 19.1. The fraction of sp³-hybridized carbons (Fsp3) is 0.429. The van der Waals surface area contributed by atoms with Gasteiger partial charge in [-0.15, -0.1) is 20.4 Å². The van der Waals surface area contributed by atoms with Crippen molar-refractivity contribution < 1.29 is 9.13 Å². The van der Waals surface area contributed by atoms with Gasteiger partial charge in [-0.05, 0) is 25.0 Å². The van der Waals surface area contributed by atoms with Crippen molar-refractivity contribution in [2.45, 2.75) is 26.2 Å². The zero-order chi connectivity index (χ0) is 14.0. The minimum Gasteiger partial charge on any atom is -0.493 e. The summed E-state index contributed by atoms with van der Waals surface area (Å²) in [6, 6.07) is 4.43. The Morgan fingerprint density at radius 1 is 1.20 bits per heavy atom. The van der Waals surface area contributed by atoms with Crippen LogP contribution in [-0.4, -0.2) is 27.0 Å². The fourth-order valence-electron chi connectivity index (χ4n) is 2.28. The van der Waals surface area contributed by atoms with Crippen LogP contribution in [0.15, 0.2) is 24.5 Å². The van der Waals surface area contributed by atoms with Crippen molar-refractivity contribution in [3.63, 3.8) is 0 Å². The van der Waals surface area contributed by atoms with E-state index in [1.165, 1.54) is 24.9 Å². The van der Waals surface area contributed by atoms with Crippen LogP contribution in [0.3, 0.4) is 0 Å². The molecule has 1 aliphatic rings. The number of ether oxygens (including phenoxy) is 1. The van der Waals surface area contributed by atoms with E-state index in [0.717, 1.165) is 12.8 Å². The van der Waals surface area contributed by atoms with E-state index < -0.39 is 0 Å². The SMILES string of the molecule is CC1(COc2cc(F)cc(-c3nncnn3)c2)CCC1. The molecule has 0 N–H and O–H groups in total. The zero-order valence-electron chi connectivity index (χ0n) is 11.2. The van der Waals surface area contributed by atoms with Crippen LogP contribution in [0.25, 0.3) is 11.4 Å². The van der Waals surface area contributed by atoms with Gasteiger partial charge < -0.3 is 4.74 Å². The average Bonchev–Trinajstić information content (AvgIpc) is 2.43. The summed E-state index contributed by atoms with van der Waals surface area (Å²) in [5, 5.41) is 14.9. The van der Waals surface area contributed by atoms with Gasteiger partial charge in [-0.1, -0.05) is 13.3 Å². The number of nitrogens with zero attached hydrogens (tertiary/aromatic N) is 4. The summed E-state index contributed by atoms with van der Waals surface area (Å²) in [6.07, 6.45) is 4.79. The predicted molar refractivity (Wildman–Crippen MR) is 70.5 cm³/mol. The van der Waals surface area contributed by atoms with E-state index in [1.54, 1.807) is 6.07 Å². The van der Waals surface area contributed by atoms with Crippen LogP contribution in [0.4, 0.5) is 4.39 Å². The summed E-state index contributed by atoms with van der Waals surface area (Å²) < 4.78 is 19.4. The van der Waals surface area contributed by atoms with Gasteiger partial charge in [0.2, 0.25) is 5.82 Å². The molecule has 1 aromatic carbocycles. The number of hydrogen-bond acceptors (Lipinski definition) is 5. The summed E-state index contributed by atoms with van der Waals surface area (Å²) in [5.41, 5.74) is 0.734. The molecule has 20 heavy (non-hydrogen) atoms. The molecule has 5 nitrogen and oxygen atoms in total. The Kier molecular flexibility index (Phi) is 3.30. The molecular weight excluding hydrogens is 259 g/mol. The third kappa shape index (κ3) is 2.74. The highest BCUT2D eigenvalue weighted by Crippen LogP contribution is 2.40. The first-order valence-electron chi connectivity index (χ1n) is 6.59. The first kappa shape index (κ1) is 12.9. The lowest BCUT2D eigenvalue weighted by Gasteiger charge is -2.37. The maximum Gasteiger partial charge on any atom is 0.203 e. The second-order valence-electron chi connectivity index (χ2n) is 5.50. The summed E-state index contributed by atoms with van der Waals surface area (Å²) in [6.45, 7) is 2.78. The summed E-state index contributed by atoms with van der Waals surface area (Å²) in [7, 11) is 0. The second-order valence-corrected chi connectivity index (χ2v) is 5.50. The van der Waals surface area contributed by atoms with E-state index in [-0.39, 0.29) is 17.1 Å². The standard InChI is InChI=1S/C14H15FN4O/c1-14(3-2-4-14)8-20-12-6-10(5-11(15)7-12)13-18-16-9-17-19-13/h5-7,9H,2-4,8H2,1H3. The Hall–Kier alpha value is -2.11. The van der Waals surface area contributed by atoms with Gasteiger partial charge in [0.1, 0.15) is 11.6 Å². The van der Waals surface area contributed by atoms with Crippen molar-refractivity contribution >= 4 is 0 Å². The van der Waals surface area contributed by atoms with E-state index >= 15 is 0 Å². The third-order valence-corrected chi connectivity index (χ3v) is 3.69. The van der Waals surface area contributed by atoms with E-state index in [0.29, 0.717) is 17.9 Å². The highest BCUT2D eigenvalue weighted by Gasteiger charge is 2.32. The summed E-state index contributed by atoms with van der Waals surface area (Å²) in [4.78, 5) is 0. The number of aromatic nitrogens is 4. The van der Waals surface area contributed by atoms with Crippen molar-refractivity contribution in [3.05, 3.63) is 30.3 Å². The van der Waals surface area contributed by atoms with Gasteiger partial charge in [-0.25, -0.2) is 4.39 Å². The van der Waals surface area contributed by atoms with Crippen LogP contribution in [0.1, 0.15) is 26.2 Å². The molecular formula is C14H15FN4O. The minimum absolute atomic E-state index is 0.221. The Labute approximate surface area is 116 Å². The molecule has 3 rings (SSSR count). The van der Waals surface area contributed by atoms with Gasteiger partial charge in [0.05, 0.1) is 6.61 Å². The van der Waals surface area contributed by atoms with Gasteiger partial charge in [-0.2, -0.15) is 0 Å². The first-order valence-corrected chi connectivity index (χ1v) is 6.59. The number of hydrogen-bond donors (Lipinski definition) is 0. The summed E-state index contributed by atoms with van der Waals surface area (Å²) >= 11 is 0. The van der Waals surface area contributed by atoms with E-state index in [4.69, 9.17) is 4.74 Å². The monoisotopic (exact) mass is 274 g/mol. The number of rotatable bonds is 4. The smallest absolute Gasteiger partial charge is 0.203 e. The Morgan fingerprint density at radius 3 is 2.60 bits per heavy atom. The Bertz CT molecular complexity index is 601. The molecule has 1 heterocycles. The van der Waals surface area contributed by atoms with Crippen molar-refractivity contribution in [2.75, 3.05) is 6.61 Å². The first-order chi connectivity index (χ1) is 9.65. The average molecular weight is 274 g/mol. The predicted octanol–water partition coefficient (Wildman–Crippen LogP) is 2.64. The van der Waals surface area contributed by atoms with Gasteiger partial charge in [0, 0.05) is 17.0 Å². The van der Waals surface area contributed by atoms with Crippen LogP contribution >= 0.6 is 0 Å². The van der Waals surface area contributed by atoms with Crippen LogP contribution in [0.5, 0.6) is 5.75 Å². The van der Waals surface area contributed by atoms with Crippen LogP contribution < -0.4 is 4.74 Å². The lowest BCUT2D eigenvalue weighted by Crippen LogP contribution is -2.32. The molecule has 0 bridgehead atoms. The molecule has 1 saturated carbocycles. The molecule has 104 valence electrons. The number of benzene rings is 1. The van der Waals surface area contributed by atoms with Crippen LogP contribution in [0.2, 0.25) is 0 Å². The molecule has 0 amide bonds. The van der Waals surface area contributed by atoms with Gasteiger partial charge >= 0.3 is 0 Å². The van der Waals surface area contributed by atoms with Gasteiger partial charge in [-0.3, -0.25) is 0 Å². The highest BCUT2D eigenvalue weighted by molar-refractivity contribution is 5.56. The maximum atomic E-state index is 13.7. The van der Waals surface area contributed by atoms with Gasteiger partial charge in [0.25, 0.3) is 0 Å².